The molecule has 1 aromatic carbocycles. The molecule has 0 bridgehead atoms. The van der Waals surface area contributed by atoms with Crippen LogP contribution in [0.1, 0.15) is 15.9 Å². The minimum absolute atomic E-state index is 0.154. The zero-order chi connectivity index (χ0) is 11.1. The average molecular weight is 207 g/mol. The standard InChI is InChI=1S/C10H13N3O2/c1-15-6-2-3-7-8(4-6)10(11,12)5-13-9(7)14/h2-4H,5,11-12H2,1H3,(H,13,14). The molecule has 0 aromatic heterocycles. The summed E-state index contributed by atoms with van der Waals surface area (Å²) in [4.78, 5) is 11.5. The topological polar surface area (TPSA) is 90.4 Å². The number of fused-ring (bicyclic) bond motifs is 1. The third kappa shape index (κ3) is 1.55. The number of nitrogens with two attached hydrogens (primary N) is 2. The number of hydrogen-bond acceptors (Lipinski definition) is 4. The molecule has 0 atom stereocenters. The Hall–Kier alpha value is -1.59. The Labute approximate surface area is 87.4 Å². The SMILES string of the molecule is COc1ccc2c(c1)C(N)(N)CNC2=O. The number of carbonyl (C=O) groups excluding carboxylic acids is 1. The highest BCUT2D eigenvalue weighted by atomic mass is 16.5. The van der Waals surface area contributed by atoms with Crippen molar-refractivity contribution in [3.8, 4) is 5.75 Å². The maximum atomic E-state index is 11.5. The lowest BCUT2D eigenvalue weighted by Gasteiger charge is -2.32. The van der Waals surface area contributed by atoms with E-state index < -0.39 is 5.66 Å². The van der Waals surface area contributed by atoms with E-state index in [0.717, 1.165) is 0 Å². The number of nitrogens with one attached hydrogen (secondary N) is 1. The van der Waals surface area contributed by atoms with E-state index in [4.69, 9.17) is 16.2 Å². The van der Waals surface area contributed by atoms with Gasteiger partial charge in [-0.2, -0.15) is 0 Å². The minimum Gasteiger partial charge on any atom is -0.497 e. The fourth-order valence-corrected chi connectivity index (χ4v) is 1.65. The molecular formula is C10H13N3O2. The summed E-state index contributed by atoms with van der Waals surface area (Å²) in [6.07, 6.45) is 0. The first-order valence-electron chi connectivity index (χ1n) is 4.59. The van der Waals surface area contributed by atoms with E-state index in [0.29, 0.717) is 16.9 Å². The van der Waals surface area contributed by atoms with E-state index in [2.05, 4.69) is 5.32 Å². The molecule has 0 saturated carbocycles. The molecule has 15 heavy (non-hydrogen) atoms. The monoisotopic (exact) mass is 207 g/mol. The predicted octanol–water partition coefficient (Wildman–Crippen LogP) is -0.491. The van der Waals surface area contributed by atoms with Crippen molar-refractivity contribution in [1.82, 2.24) is 5.32 Å². The van der Waals surface area contributed by atoms with Crippen molar-refractivity contribution in [2.45, 2.75) is 5.66 Å². The van der Waals surface area contributed by atoms with Gasteiger partial charge >= 0.3 is 0 Å². The van der Waals surface area contributed by atoms with Gasteiger partial charge in [0.1, 0.15) is 11.4 Å². The Morgan fingerprint density at radius 2 is 2.20 bits per heavy atom. The normalized spacial score (nSPS) is 17.9. The molecule has 0 unspecified atom stereocenters. The zero-order valence-corrected chi connectivity index (χ0v) is 8.41. The molecule has 1 aliphatic rings. The van der Waals surface area contributed by atoms with Gasteiger partial charge in [0.25, 0.3) is 5.91 Å². The number of methoxy groups -OCH3 is 1. The molecule has 0 saturated heterocycles. The van der Waals surface area contributed by atoms with Crippen LogP contribution in [0.3, 0.4) is 0 Å². The fraction of sp³-hybridized carbons (Fsp3) is 0.300. The Balaban J connectivity index is 2.58. The third-order valence-corrected chi connectivity index (χ3v) is 2.51. The minimum atomic E-state index is -1.03. The first kappa shape index (κ1) is 9.95. The van der Waals surface area contributed by atoms with E-state index >= 15 is 0 Å². The summed E-state index contributed by atoms with van der Waals surface area (Å²) in [6.45, 7) is 0.228. The molecule has 0 radical (unpaired) electrons. The molecule has 0 spiro atoms. The van der Waals surface area contributed by atoms with Crippen molar-refractivity contribution < 1.29 is 9.53 Å². The van der Waals surface area contributed by atoms with Crippen LogP contribution in [-0.4, -0.2) is 19.6 Å². The van der Waals surface area contributed by atoms with Crippen LogP contribution in [0.5, 0.6) is 5.75 Å². The number of rotatable bonds is 1. The highest BCUT2D eigenvalue weighted by molar-refractivity contribution is 5.97. The second-order valence-electron chi connectivity index (χ2n) is 3.63. The third-order valence-electron chi connectivity index (χ3n) is 2.51. The van der Waals surface area contributed by atoms with Crippen LogP contribution in [0.2, 0.25) is 0 Å². The van der Waals surface area contributed by atoms with Gasteiger partial charge in [-0.05, 0) is 18.2 Å². The maximum absolute atomic E-state index is 11.5. The molecule has 1 aromatic rings. The molecule has 1 aliphatic heterocycles. The van der Waals surface area contributed by atoms with E-state index in [1.807, 2.05) is 0 Å². The van der Waals surface area contributed by atoms with E-state index in [9.17, 15) is 4.79 Å². The van der Waals surface area contributed by atoms with Gasteiger partial charge in [0.15, 0.2) is 0 Å². The highest BCUT2D eigenvalue weighted by Gasteiger charge is 2.32. The molecule has 80 valence electrons. The highest BCUT2D eigenvalue weighted by Crippen LogP contribution is 2.25. The first-order chi connectivity index (χ1) is 7.04. The lowest BCUT2D eigenvalue weighted by atomic mass is 9.91. The van der Waals surface area contributed by atoms with Crippen molar-refractivity contribution in [2.75, 3.05) is 13.7 Å². The molecule has 1 amide bonds. The molecule has 5 heteroatoms. The molecule has 2 rings (SSSR count). The van der Waals surface area contributed by atoms with Crippen molar-refractivity contribution in [1.29, 1.82) is 0 Å². The van der Waals surface area contributed by atoms with Crippen LogP contribution in [0.4, 0.5) is 0 Å². The molecule has 1 heterocycles. The quantitative estimate of drug-likeness (QED) is 0.542. The summed E-state index contributed by atoms with van der Waals surface area (Å²) in [5.74, 6) is 0.489. The molecule has 0 fully saturated rings. The van der Waals surface area contributed by atoms with Gasteiger partial charge in [0.2, 0.25) is 0 Å². The second kappa shape index (κ2) is 3.22. The Bertz CT molecular complexity index is 415. The number of benzene rings is 1. The van der Waals surface area contributed by atoms with Gasteiger partial charge in [0.05, 0.1) is 13.7 Å². The van der Waals surface area contributed by atoms with Gasteiger partial charge in [-0.3, -0.25) is 4.79 Å². The predicted molar refractivity (Wildman–Crippen MR) is 55.4 cm³/mol. The number of hydrogen-bond donors (Lipinski definition) is 3. The second-order valence-corrected chi connectivity index (χ2v) is 3.63. The van der Waals surface area contributed by atoms with Gasteiger partial charge < -0.3 is 21.5 Å². The lowest BCUT2D eigenvalue weighted by Crippen LogP contribution is -2.58. The van der Waals surface area contributed by atoms with E-state index in [1.54, 1.807) is 25.3 Å². The van der Waals surface area contributed by atoms with Crippen LogP contribution in [0.15, 0.2) is 18.2 Å². The van der Waals surface area contributed by atoms with Crippen LogP contribution >= 0.6 is 0 Å². The van der Waals surface area contributed by atoms with Gasteiger partial charge in [-0.1, -0.05) is 0 Å². The molecule has 0 aliphatic carbocycles. The zero-order valence-electron chi connectivity index (χ0n) is 8.41. The summed E-state index contributed by atoms with van der Waals surface area (Å²) >= 11 is 0. The molecule has 5 nitrogen and oxygen atoms in total. The Morgan fingerprint density at radius 3 is 2.87 bits per heavy atom. The molecule has 5 N–H and O–H groups in total. The van der Waals surface area contributed by atoms with E-state index in [1.165, 1.54) is 0 Å². The fourth-order valence-electron chi connectivity index (χ4n) is 1.65. The maximum Gasteiger partial charge on any atom is 0.251 e. The van der Waals surface area contributed by atoms with Crippen molar-refractivity contribution in [2.24, 2.45) is 11.5 Å². The summed E-state index contributed by atoms with van der Waals surface area (Å²) in [5.41, 5.74) is 11.9. The lowest BCUT2D eigenvalue weighted by molar-refractivity contribution is 0.0925. The van der Waals surface area contributed by atoms with Crippen molar-refractivity contribution in [3.05, 3.63) is 29.3 Å². The smallest absolute Gasteiger partial charge is 0.251 e. The number of amides is 1. The Kier molecular flexibility index (Phi) is 2.13. The van der Waals surface area contributed by atoms with Crippen LogP contribution in [0.25, 0.3) is 0 Å². The van der Waals surface area contributed by atoms with Gasteiger partial charge in [-0.25, -0.2) is 0 Å². The first-order valence-corrected chi connectivity index (χ1v) is 4.59. The van der Waals surface area contributed by atoms with Crippen LogP contribution in [-0.2, 0) is 5.66 Å². The van der Waals surface area contributed by atoms with Gasteiger partial charge in [-0.15, -0.1) is 0 Å². The average Bonchev–Trinajstić information content (AvgIpc) is 2.24. The van der Waals surface area contributed by atoms with Crippen LogP contribution < -0.4 is 21.5 Å². The van der Waals surface area contributed by atoms with Crippen molar-refractivity contribution in [3.63, 3.8) is 0 Å². The summed E-state index contributed by atoms with van der Waals surface area (Å²) in [7, 11) is 1.55. The molecular weight excluding hydrogens is 194 g/mol. The summed E-state index contributed by atoms with van der Waals surface area (Å²) in [5, 5.41) is 2.64. The summed E-state index contributed by atoms with van der Waals surface area (Å²) < 4.78 is 5.07. The number of carbonyl (C=O) groups is 1. The summed E-state index contributed by atoms with van der Waals surface area (Å²) in [6, 6.07) is 5.07. The largest absolute Gasteiger partial charge is 0.497 e. The number of ether oxygens (including phenoxy) is 1. The van der Waals surface area contributed by atoms with Crippen LogP contribution in [0, 0.1) is 0 Å². The van der Waals surface area contributed by atoms with E-state index in [-0.39, 0.29) is 12.5 Å². The Morgan fingerprint density at radius 1 is 1.47 bits per heavy atom. The van der Waals surface area contributed by atoms with Crippen molar-refractivity contribution >= 4 is 5.91 Å². The van der Waals surface area contributed by atoms with Gasteiger partial charge in [0, 0.05) is 11.1 Å².